The molecule has 1 atom stereocenters. The highest BCUT2D eigenvalue weighted by Crippen LogP contribution is 2.28. The highest BCUT2D eigenvalue weighted by atomic mass is 35.5. The van der Waals surface area contributed by atoms with Gasteiger partial charge in [0.15, 0.2) is 0 Å². The molecule has 0 unspecified atom stereocenters. The highest BCUT2D eigenvalue weighted by molar-refractivity contribution is 7.92. The maximum Gasteiger partial charge on any atom is 0.264 e. The first-order valence-electron chi connectivity index (χ1n) is 16.1. The summed E-state index contributed by atoms with van der Waals surface area (Å²) in [5.41, 5.74) is 5.01. The molecule has 1 aliphatic carbocycles. The third-order valence-electron chi connectivity index (χ3n) is 9.03. The summed E-state index contributed by atoms with van der Waals surface area (Å²) < 4.78 is 29.7. The van der Waals surface area contributed by atoms with E-state index in [0.717, 1.165) is 57.8 Å². The normalized spacial score (nSPS) is 14.0. The molecule has 0 saturated heterocycles. The molecule has 1 saturated carbocycles. The molecule has 4 aromatic carbocycles. The molecule has 0 aromatic heterocycles. The summed E-state index contributed by atoms with van der Waals surface area (Å²) in [4.78, 5) is 30.5. The first-order chi connectivity index (χ1) is 22.5. The van der Waals surface area contributed by atoms with Crippen molar-refractivity contribution in [3.8, 4) is 0 Å². The Bertz CT molecular complexity index is 1810. The van der Waals surface area contributed by atoms with E-state index in [4.69, 9.17) is 11.6 Å². The second-order valence-electron chi connectivity index (χ2n) is 12.4. The van der Waals surface area contributed by atoms with Crippen LogP contribution in [-0.4, -0.2) is 43.8 Å². The third kappa shape index (κ3) is 8.42. The van der Waals surface area contributed by atoms with E-state index < -0.39 is 28.5 Å². The second-order valence-corrected chi connectivity index (χ2v) is 14.7. The highest BCUT2D eigenvalue weighted by Gasteiger charge is 2.35. The molecular formula is C38H42ClN3O4S. The van der Waals surface area contributed by atoms with Crippen molar-refractivity contribution in [1.82, 2.24) is 10.2 Å². The van der Waals surface area contributed by atoms with E-state index in [1.165, 1.54) is 24.3 Å². The van der Waals surface area contributed by atoms with E-state index in [-0.39, 0.29) is 29.8 Å². The largest absolute Gasteiger partial charge is 0.352 e. The van der Waals surface area contributed by atoms with Gasteiger partial charge in [0.1, 0.15) is 12.6 Å². The Kier molecular flexibility index (Phi) is 11.0. The van der Waals surface area contributed by atoms with Crippen LogP contribution in [0, 0.1) is 20.8 Å². The van der Waals surface area contributed by atoms with Crippen LogP contribution in [0.15, 0.2) is 102 Å². The minimum Gasteiger partial charge on any atom is -0.352 e. The van der Waals surface area contributed by atoms with Crippen molar-refractivity contribution in [2.45, 2.75) is 76.4 Å². The average Bonchev–Trinajstić information content (AvgIpc) is 3.57. The summed E-state index contributed by atoms with van der Waals surface area (Å²) >= 11 is 6.10. The SMILES string of the molecule is Cc1ccc(N(CC(=O)N(Cc2ccccc2C)[C@H](Cc2ccccc2)C(=O)NC2CCCC2)S(=O)(=O)c2ccc(Cl)cc2)cc1C. The van der Waals surface area contributed by atoms with Gasteiger partial charge in [-0.1, -0.05) is 85.1 Å². The van der Waals surface area contributed by atoms with Crippen LogP contribution in [0.4, 0.5) is 5.69 Å². The van der Waals surface area contributed by atoms with Crippen LogP contribution in [-0.2, 0) is 32.6 Å². The Morgan fingerprint density at radius 3 is 2.15 bits per heavy atom. The lowest BCUT2D eigenvalue weighted by atomic mass is 10.0. The number of nitrogens with one attached hydrogen (secondary N) is 1. The van der Waals surface area contributed by atoms with Crippen molar-refractivity contribution in [3.63, 3.8) is 0 Å². The van der Waals surface area contributed by atoms with Crippen LogP contribution >= 0.6 is 11.6 Å². The summed E-state index contributed by atoms with van der Waals surface area (Å²) in [6, 6.07) is 27.8. The maximum absolute atomic E-state index is 14.7. The molecule has 9 heteroatoms. The zero-order valence-electron chi connectivity index (χ0n) is 27.2. The van der Waals surface area contributed by atoms with Gasteiger partial charge >= 0.3 is 0 Å². The van der Waals surface area contributed by atoms with Gasteiger partial charge in [-0.05, 0) is 97.8 Å². The zero-order valence-corrected chi connectivity index (χ0v) is 28.7. The lowest BCUT2D eigenvalue weighted by Crippen LogP contribution is -2.54. The third-order valence-corrected chi connectivity index (χ3v) is 11.1. The molecule has 1 N–H and O–H groups in total. The Morgan fingerprint density at radius 2 is 1.49 bits per heavy atom. The summed E-state index contributed by atoms with van der Waals surface area (Å²) in [6.45, 7) is 5.46. The van der Waals surface area contributed by atoms with Crippen LogP contribution in [0.1, 0.15) is 53.5 Å². The van der Waals surface area contributed by atoms with Gasteiger partial charge in [0, 0.05) is 24.0 Å². The molecule has 0 aliphatic heterocycles. The molecule has 0 radical (unpaired) electrons. The minimum absolute atomic E-state index is 0.0122. The predicted molar refractivity (Wildman–Crippen MR) is 188 cm³/mol. The van der Waals surface area contributed by atoms with Crippen molar-refractivity contribution in [2.75, 3.05) is 10.8 Å². The molecule has 0 spiro atoms. The van der Waals surface area contributed by atoms with E-state index in [0.29, 0.717) is 10.7 Å². The average molecular weight is 672 g/mol. The number of amides is 2. The Balaban J connectivity index is 1.58. The summed E-state index contributed by atoms with van der Waals surface area (Å²) in [5.74, 6) is -0.715. The van der Waals surface area contributed by atoms with Crippen LogP contribution < -0.4 is 9.62 Å². The fraction of sp³-hybridized carbons (Fsp3) is 0.316. The number of hydrogen-bond acceptors (Lipinski definition) is 4. The van der Waals surface area contributed by atoms with Gasteiger partial charge in [-0.3, -0.25) is 13.9 Å². The standard InChI is InChI=1S/C38H42ClN3O4S/c1-27-17-20-34(23-29(27)3)42(47(45,46)35-21-18-32(39)19-22-35)26-37(43)41(25-31-14-8-7-11-28(31)2)36(24-30-12-5-4-6-13-30)38(44)40-33-15-9-10-16-33/h4-8,11-14,17-23,33,36H,9-10,15-16,24-26H2,1-3H3,(H,40,44)/t36-/m1/s1. The Morgan fingerprint density at radius 1 is 0.830 bits per heavy atom. The molecule has 0 heterocycles. The van der Waals surface area contributed by atoms with Crippen LogP contribution in [0.2, 0.25) is 5.02 Å². The first-order valence-corrected chi connectivity index (χ1v) is 17.9. The van der Waals surface area contributed by atoms with Crippen LogP contribution in [0.3, 0.4) is 0 Å². The van der Waals surface area contributed by atoms with E-state index in [1.807, 2.05) is 81.4 Å². The fourth-order valence-electron chi connectivity index (χ4n) is 6.04. The number of anilines is 1. The number of sulfonamides is 1. The topological polar surface area (TPSA) is 86.8 Å². The number of benzene rings is 4. The lowest BCUT2D eigenvalue weighted by molar-refractivity contribution is -0.140. The molecule has 1 fully saturated rings. The number of aryl methyl sites for hydroxylation is 3. The van der Waals surface area contributed by atoms with E-state index in [2.05, 4.69) is 5.32 Å². The van der Waals surface area contributed by atoms with Gasteiger partial charge in [-0.15, -0.1) is 0 Å². The Labute approximate surface area is 283 Å². The number of rotatable bonds is 12. The number of halogens is 1. The molecule has 7 nitrogen and oxygen atoms in total. The zero-order chi connectivity index (χ0) is 33.6. The summed E-state index contributed by atoms with van der Waals surface area (Å²) in [5, 5.41) is 3.62. The van der Waals surface area contributed by atoms with E-state index in [1.54, 1.807) is 17.0 Å². The van der Waals surface area contributed by atoms with Crippen molar-refractivity contribution in [2.24, 2.45) is 0 Å². The van der Waals surface area contributed by atoms with Crippen molar-refractivity contribution in [3.05, 3.63) is 130 Å². The number of hydrogen-bond donors (Lipinski definition) is 1. The first kappa shape index (κ1) is 34.2. The summed E-state index contributed by atoms with van der Waals surface area (Å²) in [6.07, 6.45) is 4.18. The number of carbonyl (C=O) groups excluding carboxylic acids is 2. The van der Waals surface area contributed by atoms with Gasteiger partial charge in [0.05, 0.1) is 10.6 Å². The molecule has 1 aliphatic rings. The van der Waals surface area contributed by atoms with Gasteiger partial charge in [-0.2, -0.15) is 0 Å². The number of nitrogens with zero attached hydrogens (tertiary/aromatic N) is 2. The molecule has 4 aromatic rings. The quantitative estimate of drug-likeness (QED) is 0.173. The predicted octanol–water partition coefficient (Wildman–Crippen LogP) is 7.16. The van der Waals surface area contributed by atoms with Gasteiger partial charge in [0.25, 0.3) is 10.0 Å². The monoisotopic (exact) mass is 671 g/mol. The van der Waals surface area contributed by atoms with Gasteiger partial charge in [0.2, 0.25) is 11.8 Å². The summed E-state index contributed by atoms with van der Waals surface area (Å²) in [7, 11) is -4.21. The van der Waals surface area contributed by atoms with Crippen molar-refractivity contribution in [1.29, 1.82) is 0 Å². The van der Waals surface area contributed by atoms with Crippen LogP contribution in [0.5, 0.6) is 0 Å². The Hall–Kier alpha value is -4.14. The molecule has 0 bridgehead atoms. The van der Waals surface area contributed by atoms with Crippen molar-refractivity contribution < 1.29 is 18.0 Å². The van der Waals surface area contributed by atoms with Gasteiger partial charge in [-0.25, -0.2) is 8.42 Å². The van der Waals surface area contributed by atoms with E-state index >= 15 is 0 Å². The molecule has 246 valence electrons. The molecule has 2 amide bonds. The lowest BCUT2D eigenvalue weighted by Gasteiger charge is -2.34. The molecule has 5 rings (SSSR count). The fourth-order valence-corrected chi connectivity index (χ4v) is 7.57. The minimum atomic E-state index is -4.21. The van der Waals surface area contributed by atoms with Crippen LogP contribution in [0.25, 0.3) is 0 Å². The molecule has 47 heavy (non-hydrogen) atoms. The second kappa shape index (κ2) is 15.2. The van der Waals surface area contributed by atoms with Crippen molar-refractivity contribution >= 4 is 39.1 Å². The number of carbonyl (C=O) groups is 2. The maximum atomic E-state index is 14.7. The molecular weight excluding hydrogens is 630 g/mol. The smallest absolute Gasteiger partial charge is 0.264 e. The van der Waals surface area contributed by atoms with Gasteiger partial charge < -0.3 is 10.2 Å². The van der Waals surface area contributed by atoms with E-state index in [9.17, 15) is 18.0 Å².